The van der Waals surface area contributed by atoms with E-state index in [4.69, 9.17) is 29.2 Å². The summed E-state index contributed by atoms with van der Waals surface area (Å²) >= 11 is 0. The van der Waals surface area contributed by atoms with Crippen LogP contribution in [0.1, 0.15) is 27.7 Å². The van der Waals surface area contributed by atoms with Crippen LogP contribution in [-0.2, 0) is 42.9 Å². The molecule has 144 valence electrons. The Bertz CT molecular complexity index is 587. The average Bonchev–Trinajstić information content (AvgIpc) is 2.49. The van der Waals surface area contributed by atoms with Crippen molar-refractivity contribution in [3.05, 3.63) is 10.4 Å². The fourth-order valence-electron chi connectivity index (χ4n) is 2.38. The molecule has 0 N–H and O–H groups in total. The Morgan fingerprint density at radius 2 is 1.31 bits per heavy atom. The van der Waals surface area contributed by atoms with Crippen LogP contribution in [0.5, 0.6) is 0 Å². The molecule has 1 aliphatic heterocycles. The predicted molar refractivity (Wildman–Crippen MR) is 81.1 cm³/mol. The third-order valence-electron chi connectivity index (χ3n) is 3.10. The molecule has 12 nitrogen and oxygen atoms in total. The number of esters is 4. The number of carbonyl (C=O) groups excluding carboxylic acids is 4. The Kier molecular flexibility index (Phi) is 7.81. The second-order valence-electron chi connectivity index (χ2n) is 5.29. The molecule has 0 spiro atoms. The Morgan fingerprint density at radius 1 is 0.846 bits per heavy atom. The molecule has 1 rings (SSSR count). The molecular formula is C14H19N3O9. The van der Waals surface area contributed by atoms with Gasteiger partial charge in [0.25, 0.3) is 0 Å². The number of hydrogen-bond acceptors (Lipinski definition) is 10. The van der Waals surface area contributed by atoms with Gasteiger partial charge in [-0.3, -0.25) is 19.2 Å². The number of rotatable bonds is 6. The quantitative estimate of drug-likeness (QED) is 0.210. The molecule has 0 radical (unpaired) electrons. The van der Waals surface area contributed by atoms with E-state index < -0.39 is 54.6 Å². The Hall–Kier alpha value is -2.85. The van der Waals surface area contributed by atoms with Crippen LogP contribution >= 0.6 is 0 Å². The molecule has 1 aliphatic rings. The fraction of sp³-hybridized carbons (Fsp3) is 0.714. The summed E-state index contributed by atoms with van der Waals surface area (Å²) in [5.41, 5.74) is 8.51. The molecule has 5 atom stereocenters. The largest absolute Gasteiger partial charge is 0.456 e. The van der Waals surface area contributed by atoms with Crippen molar-refractivity contribution in [3.63, 3.8) is 0 Å². The lowest BCUT2D eigenvalue weighted by atomic mass is 9.97. The van der Waals surface area contributed by atoms with Crippen LogP contribution in [0, 0.1) is 0 Å². The second kappa shape index (κ2) is 9.59. The minimum Gasteiger partial charge on any atom is -0.456 e. The maximum absolute atomic E-state index is 11.5. The molecular weight excluding hydrogens is 354 g/mol. The Morgan fingerprint density at radius 3 is 1.77 bits per heavy atom. The molecule has 0 aliphatic carbocycles. The van der Waals surface area contributed by atoms with Gasteiger partial charge in [-0.1, -0.05) is 5.11 Å². The first-order valence-electron chi connectivity index (χ1n) is 7.51. The molecule has 1 fully saturated rings. The summed E-state index contributed by atoms with van der Waals surface area (Å²) in [5, 5.41) is 3.34. The molecule has 26 heavy (non-hydrogen) atoms. The highest BCUT2D eigenvalue weighted by Crippen LogP contribution is 2.29. The van der Waals surface area contributed by atoms with Gasteiger partial charge >= 0.3 is 23.9 Å². The van der Waals surface area contributed by atoms with Crippen LogP contribution < -0.4 is 0 Å². The first-order valence-corrected chi connectivity index (χ1v) is 7.51. The molecule has 1 heterocycles. The maximum atomic E-state index is 11.5. The fourth-order valence-corrected chi connectivity index (χ4v) is 2.38. The Labute approximate surface area is 148 Å². The van der Waals surface area contributed by atoms with Crippen molar-refractivity contribution in [2.75, 3.05) is 6.54 Å². The van der Waals surface area contributed by atoms with Crippen molar-refractivity contribution in [2.45, 2.75) is 58.4 Å². The van der Waals surface area contributed by atoms with E-state index in [1.807, 2.05) is 0 Å². The van der Waals surface area contributed by atoms with Crippen LogP contribution in [0.4, 0.5) is 0 Å². The summed E-state index contributed by atoms with van der Waals surface area (Å²) in [5.74, 6) is -3.05. The highest BCUT2D eigenvalue weighted by Gasteiger charge is 2.52. The smallest absolute Gasteiger partial charge is 0.305 e. The molecule has 0 bridgehead atoms. The first kappa shape index (κ1) is 21.2. The minimum atomic E-state index is -1.47. The zero-order valence-corrected chi connectivity index (χ0v) is 14.6. The molecule has 0 amide bonds. The predicted octanol–water partition coefficient (Wildman–Crippen LogP) is 0.380. The number of azide groups is 1. The summed E-state index contributed by atoms with van der Waals surface area (Å²) in [6.45, 7) is 4.05. The van der Waals surface area contributed by atoms with Crippen molar-refractivity contribution < 1.29 is 42.9 Å². The second-order valence-corrected chi connectivity index (χ2v) is 5.29. The van der Waals surface area contributed by atoms with Gasteiger partial charge in [-0.05, 0) is 5.53 Å². The molecule has 1 saturated heterocycles. The molecule has 0 aromatic carbocycles. The van der Waals surface area contributed by atoms with Crippen molar-refractivity contribution in [1.82, 2.24) is 0 Å². The lowest BCUT2D eigenvalue weighted by Gasteiger charge is -2.43. The summed E-state index contributed by atoms with van der Waals surface area (Å²) in [6, 6.07) is 0. The van der Waals surface area contributed by atoms with Crippen molar-refractivity contribution in [3.8, 4) is 0 Å². The minimum absolute atomic E-state index is 0.323. The maximum Gasteiger partial charge on any atom is 0.305 e. The lowest BCUT2D eigenvalue weighted by Crippen LogP contribution is -2.62. The van der Waals surface area contributed by atoms with Gasteiger partial charge in [0.05, 0.1) is 6.54 Å². The molecule has 0 aromatic heterocycles. The molecule has 0 saturated carbocycles. The third kappa shape index (κ3) is 6.22. The normalized spacial score (nSPS) is 27.5. The average molecular weight is 373 g/mol. The number of ether oxygens (including phenoxy) is 5. The van der Waals surface area contributed by atoms with Gasteiger partial charge < -0.3 is 23.7 Å². The van der Waals surface area contributed by atoms with Crippen molar-refractivity contribution in [2.24, 2.45) is 5.11 Å². The SMILES string of the molecule is CC(=O)OC1O[C@H](CN=[N+]=[N-])[C@@H](OC(C)=O)[C@H](OC(C)=O)[C@H]1OC(C)=O. The zero-order valence-electron chi connectivity index (χ0n) is 14.6. The Balaban J connectivity index is 3.32. The summed E-state index contributed by atoms with van der Waals surface area (Å²) < 4.78 is 25.8. The van der Waals surface area contributed by atoms with Gasteiger partial charge in [0, 0.05) is 32.6 Å². The van der Waals surface area contributed by atoms with Gasteiger partial charge in [0.1, 0.15) is 6.10 Å². The van der Waals surface area contributed by atoms with Gasteiger partial charge in [0.2, 0.25) is 12.4 Å². The van der Waals surface area contributed by atoms with E-state index in [1.54, 1.807) is 0 Å². The van der Waals surface area contributed by atoms with Crippen LogP contribution in [0.2, 0.25) is 0 Å². The monoisotopic (exact) mass is 373 g/mol. The zero-order chi connectivity index (χ0) is 19.9. The summed E-state index contributed by atoms with van der Waals surface area (Å²) in [6.07, 6.45) is -6.59. The standard InChI is InChI=1S/C14H19N3O9/c1-6(18)22-11-10(5-16-17-15)26-14(25-9(4)21)13(24-8(3)20)12(11)23-7(2)19/h10-14H,5H2,1-4H3/t10-,11-,12+,13-,14?/m1/s1. The molecule has 12 heteroatoms. The van der Waals surface area contributed by atoms with Crippen molar-refractivity contribution >= 4 is 23.9 Å². The van der Waals surface area contributed by atoms with Gasteiger partial charge in [-0.25, -0.2) is 0 Å². The van der Waals surface area contributed by atoms with Crippen molar-refractivity contribution in [1.29, 1.82) is 0 Å². The van der Waals surface area contributed by atoms with Gasteiger partial charge in [-0.2, -0.15) is 0 Å². The summed E-state index contributed by atoms with van der Waals surface area (Å²) in [4.78, 5) is 48.3. The molecule has 0 aromatic rings. The van der Waals surface area contributed by atoms with E-state index in [0.29, 0.717) is 0 Å². The first-order chi connectivity index (χ1) is 12.1. The van der Waals surface area contributed by atoms with E-state index in [1.165, 1.54) is 0 Å². The van der Waals surface area contributed by atoms with Crippen LogP contribution in [0.15, 0.2) is 5.11 Å². The van der Waals surface area contributed by atoms with E-state index in [0.717, 1.165) is 27.7 Å². The van der Waals surface area contributed by atoms with Gasteiger partial charge in [0.15, 0.2) is 12.2 Å². The highest BCUT2D eigenvalue weighted by atomic mass is 16.7. The van der Waals surface area contributed by atoms with Crippen LogP contribution in [0.25, 0.3) is 10.4 Å². The number of hydrogen-bond donors (Lipinski definition) is 0. The van der Waals surface area contributed by atoms with Crippen LogP contribution in [0.3, 0.4) is 0 Å². The van der Waals surface area contributed by atoms with E-state index in [2.05, 4.69) is 10.0 Å². The lowest BCUT2D eigenvalue weighted by molar-refractivity contribution is -0.293. The number of nitrogens with zero attached hydrogens (tertiary/aromatic N) is 3. The van der Waals surface area contributed by atoms with E-state index in [-0.39, 0.29) is 6.54 Å². The third-order valence-corrected chi connectivity index (χ3v) is 3.10. The van der Waals surface area contributed by atoms with Crippen LogP contribution in [-0.4, -0.2) is 61.1 Å². The molecule has 1 unspecified atom stereocenters. The summed E-state index contributed by atoms with van der Waals surface area (Å²) in [7, 11) is 0. The van der Waals surface area contributed by atoms with E-state index in [9.17, 15) is 19.2 Å². The number of carbonyl (C=O) groups is 4. The van der Waals surface area contributed by atoms with Gasteiger partial charge in [-0.15, -0.1) is 0 Å². The highest BCUT2D eigenvalue weighted by molar-refractivity contribution is 5.69. The van der Waals surface area contributed by atoms with E-state index >= 15 is 0 Å². The topological polar surface area (TPSA) is 163 Å².